The zero-order chi connectivity index (χ0) is 15.5. The highest BCUT2D eigenvalue weighted by Gasteiger charge is 2.43. The van der Waals surface area contributed by atoms with E-state index in [4.69, 9.17) is 4.74 Å². The van der Waals surface area contributed by atoms with E-state index in [0.29, 0.717) is 13.0 Å². The zero-order valence-electron chi connectivity index (χ0n) is 12.8. The molecule has 0 bridgehead atoms. The average molecular weight is 302 g/mol. The molecule has 118 valence electrons. The number of para-hydroxylation sites is 1. The minimum atomic E-state index is -0.410. The summed E-state index contributed by atoms with van der Waals surface area (Å²) in [4.78, 5) is 26.4. The molecule has 5 nitrogen and oxygen atoms in total. The molecule has 5 heteroatoms. The standard InChI is InChI=1S/C17H22N2O3/c1-18-16(20)15-10-14(22-13-8-3-2-4-9-13)11-19(15)17(21)12-6-5-7-12/h2-4,8-9,12,14-15H,5-7,10-11H2,1H3,(H,18,20)/t14-,15-/m0/s1. The smallest absolute Gasteiger partial charge is 0.242 e. The van der Waals surface area contributed by atoms with Crippen LogP contribution in [0.5, 0.6) is 5.75 Å². The molecule has 2 fully saturated rings. The van der Waals surface area contributed by atoms with Gasteiger partial charge in [0.05, 0.1) is 6.54 Å². The topological polar surface area (TPSA) is 58.6 Å². The second kappa shape index (κ2) is 6.38. The van der Waals surface area contributed by atoms with Gasteiger partial charge in [-0.15, -0.1) is 0 Å². The maximum absolute atomic E-state index is 12.5. The first kappa shape index (κ1) is 14.9. The Hall–Kier alpha value is -2.04. The largest absolute Gasteiger partial charge is 0.488 e. The maximum Gasteiger partial charge on any atom is 0.242 e. The minimum Gasteiger partial charge on any atom is -0.488 e. The number of amides is 2. The van der Waals surface area contributed by atoms with E-state index in [-0.39, 0.29) is 23.8 Å². The van der Waals surface area contributed by atoms with Crippen molar-refractivity contribution in [2.24, 2.45) is 5.92 Å². The fourth-order valence-corrected chi connectivity index (χ4v) is 3.12. The number of carbonyl (C=O) groups excluding carboxylic acids is 2. The van der Waals surface area contributed by atoms with E-state index in [1.807, 2.05) is 30.3 Å². The molecular formula is C17H22N2O3. The Labute approximate surface area is 130 Å². The van der Waals surface area contributed by atoms with E-state index in [9.17, 15) is 9.59 Å². The molecule has 1 aliphatic carbocycles. The molecule has 0 unspecified atom stereocenters. The highest BCUT2D eigenvalue weighted by atomic mass is 16.5. The van der Waals surface area contributed by atoms with Gasteiger partial charge in [0, 0.05) is 19.4 Å². The van der Waals surface area contributed by atoms with Crippen molar-refractivity contribution in [3.05, 3.63) is 30.3 Å². The van der Waals surface area contributed by atoms with Crippen LogP contribution in [-0.4, -0.2) is 42.5 Å². The first-order valence-corrected chi connectivity index (χ1v) is 7.93. The summed E-state index contributed by atoms with van der Waals surface area (Å²) < 4.78 is 5.94. The lowest BCUT2D eigenvalue weighted by atomic mass is 9.84. The van der Waals surface area contributed by atoms with Crippen LogP contribution in [0.1, 0.15) is 25.7 Å². The van der Waals surface area contributed by atoms with Gasteiger partial charge in [-0.25, -0.2) is 0 Å². The summed E-state index contributed by atoms with van der Waals surface area (Å²) in [6.45, 7) is 0.488. The van der Waals surface area contributed by atoms with Crippen molar-refractivity contribution in [1.82, 2.24) is 10.2 Å². The van der Waals surface area contributed by atoms with Gasteiger partial charge in [0.15, 0.2) is 0 Å². The number of rotatable bonds is 4. The summed E-state index contributed by atoms with van der Waals surface area (Å²) in [6, 6.07) is 9.14. The Bertz CT molecular complexity index is 542. The number of ether oxygens (including phenoxy) is 1. The van der Waals surface area contributed by atoms with Crippen molar-refractivity contribution < 1.29 is 14.3 Å². The molecule has 0 aromatic heterocycles. The van der Waals surface area contributed by atoms with Crippen molar-refractivity contribution >= 4 is 11.8 Å². The Morgan fingerprint density at radius 1 is 1.23 bits per heavy atom. The summed E-state index contributed by atoms with van der Waals surface area (Å²) in [5.74, 6) is 0.884. The number of nitrogens with one attached hydrogen (secondary N) is 1. The molecule has 1 aliphatic heterocycles. The molecule has 2 aliphatic rings. The van der Waals surface area contributed by atoms with E-state index in [1.54, 1.807) is 11.9 Å². The maximum atomic E-state index is 12.5. The molecule has 1 N–H and O–H groups in total. The van der Waals surface area contributed by atoms with Gasteiger partial charge in [-0.2, -0.15) is 0 Å². The lowest BCUT2D eigenvalue weighted by Gasteiger charge is -2.31. The fourth-order valence-electron chi connectivity index (χ4n) is 3.12. The molecule has 22 heavy (non-hydrogen) atoms. The normalized spacial score (nSPS) is 24.7. The second-order valence-electron chi connectivity index (χ2n) is 6.04. The Morgan fingerprint density at radius 3 is 2.55 bits per heavy atom. The van der Waals surface area contributed by atoms with Crippen molar-refractivity contribution in [1.29, 1.82) is 0 Å². The minimum absolute atomic E-state index is 0.0997. The molecule has 2 amide bonds. The summed E-state index contributed by atoms with van der Waals surface area (Å²) in [5.41, 5.74) is 0. The van der Waals surface area contributed by atoms with Crippen molar-refractivity contribution in [2.45, 2.75) is 37.8 Å². The zero-order valence-corrected chi connectivity index (χ0v) is 12.8. The molecule has 1 aromatic rings. The highest BCUT2D eigenvalue weighted by Crippen LogP contribution is 2.32. The van der Waals surface area contributed by atoms with Gasteiger partial charge in [0.25, 0.3) is 0 Å². The molecule has 3 rings (SSSR count). The van der Waals surface area contributed by atoms with E-state index in [2.05, 4.69) is 5.32 Å². The number of benzene rings is 1. The third-order valence-corrected chi connectivity index (χ3v) is 4.60. The number of likely N-dealkylation sites (tertiary alicyclic amines) is 1. The van der Waals surface area contributed by atoms with Crippen LogP contribution in [-0.2, 0) is 9.59 Å². The van der Waals surface area contributed by atoms with Crippen molar-refractivity contribution in [3.8, 4) is 5.75 Å². The summed E-state index contributed by atoms with van der Waals surface area (Å²) in [6.07, 6.45) is 3.42. The van der Waals surface area contributed by atoms with Crippen LogP contribution in [0.15, 0.2) is 30.3 Å². The van der Waals surface area contributed by atoms with E-state index in [0.717, 1.165) is 25.0 Å². The molecule has 1 saturated carbocycles. The third-order valence-electron chi connectivity index (χ3n) is 4.60. The molecule has 0 radical (unpaired) electrons. The monoisotopic (exact) mass is 302 g/mol. The highest BCUT2D eigenvalue weighted by molar-refractivity contribution is 5.89. The van der Waals surface area contributed by atoms with Crippen molar-refractivity contribution in [2.75, 3.05) is 13.6 Å². The van der Waals surface area contributed by atoms with Crippen LogP contribution in [0.3, 0.4) is 0 Å². The van der Waals surface area contributed by atoms with E-state index in [1.165, 1.54) is 0 Å². The number of likely N-dealkylation sites (N-methyl/N-ethyl adjacent to an activating group) is 1. The predicted octanol–water partition coefficient (Wildman–Crippen LogP) is 1.58. The Balaban J connectivity index is 1.70. The molecule has 1 heterocycles. The molecule has 2 atom stereocenters. The van der Waals surface area contributed by atoms with E-state index >= 15 is 0 Å². The van der Waals surface area contributed by atoms with Crippen LogP contribution in [0.2, 0.25) is 0 Å². The fraction of sp³-hybridized carbons (Fsp3) is 0.529. The molecule has 0 spiro atoms. The van der Waals surface area contributed by atoms with Gasteiger partial charge in [-0.1, -0.05) is 24.6 Å². The number of hydrogen-bond acceptors (Lipinski definition) is 3. The van der Waals surface area contributed by atoms with Crippen molar-refractivity contribution in [3.63, 3.8) is 0 Å². The summed E-state index contributed by atoms with van der Waals surface area (Å²) >= 11 is 0. The predicted molar refractivity (Wildman–Crippen MR) is 82.4 cm³/mol. The summed E-state index contributed by atoms with van der Waals surface area (Å²) in [5, 5.41) is 2.66. The third kappa shape index (κ3) is 2.93. The molecule has 1 aromatic carbocycles. The van der Waals surface area contributed by atoms with Crippen LogP contribution in [0.25, 0.3) is 0 Å². The average Bonchev–Trinajstić information content (AvgIpc) is 2.89. The quantitative estimate of drug-likeness (QED) is 0.918. The first-order valence-electron chi connectivity index (χ1n) is 7.93. The Kier molecular flexibility index (Phi) is 4.32. The number of carbonyl (C=O) groups is 2. The van der Waals surface area contributed by atoms with E-state index < -0.39 is 6.04 Å². The van der Waals surface area contributed by atoms with Crippen LogP contribution in [0.4, 0.5) is 0 Å². The van der Waals surface area contributed by atoms with Gasteiger partial charge in [-0.3, -0.25) is 9.59 Å². The lowest BCUT2D eigenvalue weighted by Crippen LogP contribution is -2.48. The van der Waals surface area contributed by atoms with Crippen LogP contribution >= 0.6 is 0 Å². The number of nitrogens with zero attached hydrogens (tertiary/aromatic N) is 1. The summed E-state index contributed by atoms with van der Waals surface area (Å²) in [7, 11) is 1.61. The lowest BCUT2D eigenvalue weighted by molar-refractivity contribution is -0.143. The Morgan fingerprint density at radius 2 is 1.95 bits per heavy atom. The van der Waals surface area contributed by atoms with Crippen LogP contribution < -0.4 is 10.1 Å². The first-order chi connectivity index (χ1) is 10.7. The van der Waals surface area contributed by atoms with Gasteiger partial charge in [0.2, 0.25) is 11.8 Å². The van der Waals surface area contributed by atoms with Gasteiger partial charge in [-0.05, 0) is 25.0 Å². The molecule has 1 saturated heterocycles. The SMILES string of the molecule is CNC(=O)[C@@H]1C[C@H](Oc2ccccc2)CN1C(=O)C1CCC1. The molecular weight excluding hydrogens is 280 g/mol. The van der Waals surface area contributed by atoms with Gasteiger partial charge in [0.1, 0.15) is 17.9 Å². The van der Waals surface area contributed by atoms with Gasteiger partial charge < -0.3 is 15.0 Å². The van der Waals surface area contributed by atoms with Crippen LogP contribution in [0, 0.1) is 5.92 Å². The number of hydrogen-bond donors (Lipinski definition) is 1. The second-order valence-corrected chi connectivity index (χ2v) is 6.04. The van der Waals surface area contributed by atoms with Gasteiger partial charge >= 0.3 is 0 Å².